The third-order valence-electron chi connectivity index (χ3n) is 2.10. The van der Waals surface area contributed by atoms with Gasteiger partial charge >= 0.3 is 7.60 Å². The van der Waals surface area contributed by atoms with Gasteiger partial charge in [0.1, 0.15) is 5.82 Å². The van der Waals surface area contributed by atoms with Crippen molar-refractivity contribution in [3.63, 3.8) is 0 Å². The third-order valence-corrected chi connectivity index (χ3v) is 4.13. The molecule has 0 radical (unpaired) electrons. The Morgan fingerprint density at radius 1 is 1.39 bits per heavy atom. The lowest BCUT2D eigenvalue weighted by Crippen LogP contribution is -2.04. The van der Waals surface area contributed by atoms with E-state index in [9.17, 15) is 9.36 Å². The maximum atomic E-state index is 12.4. The van der Waals surface area contributed by atoms with E-state index in [2.05, 4.69) is 10.3 Å². The molecular formula is C11H17N2O4P. The molecule has 0 unspecified atom stereocenters. The van der Waals surface area contributed by atoms with Crippen LogP contribution in [0.4, 0.5) is 5.82 Å². The second kappa shape index (κ2) is 7.26. The number of rotatable bonds is 8. The molecule has 1 aromatic heterocycles. The van der Waals surface area contributed by atoms with Crippen molar-refractivity contribution in [1.29, 1.82) is 0 Å². The lowest BCUT2D eigenvalue weighted by molar-refractivity contribution is -0.105. The molecule has 0 fully saturated rings. The Hall–Kier alpha value is -1.23. The van der Waals surface area contributed by atoms with Crippen LogP contribution in [0.5, 0.6) is 0 Å². The summed E-state index contributed by atoms with van der Waals surface area (Å²) in [5, 5.41) is 2.46. The average molecular weight is 272 g/mol. The molecule has 7 heteroatoms. The lowest BCUT2D eigenvalue weighted by Gasteiger charge is -2.17. The van der Waals surface area contributed by atoms with Crippen molar-refractivity contribution in [3.8, 4) is 0 Å². The van der Waals surface area contributed by atoms with E-state index in [-0.39, 0.29) is 6.16 Å². The smallest absolute Gasteiger partial charge is 0.313 e. The van der Waals surface area contributed by atoms with Crippen molar-refractivity contribution >= 4 is 19.8 Å². The molecule has 1 N–H and O–H groups in total. The quantitative estimate of drug-likeness (QED) is 0.581. The molecule has 0 aliphatic rings. The van der Waals surface area contributed by atoms with Gasteiger partial charge in [0.25, 0.3) is 0 Å². The molecule has 0 aliphatic heterocycles. The Labute approximate surface area is 106 Å². The molecule has 100 valence electrons. The minimum absolute atomic E-state index is 0.0820. The Bertz CT molecular complexity index is 429. The number of amides is 1. The first kappa shape index (κ1) is 14.8. The zero-order chi connectivity index (χ0) is 13.4. The molecule has 1 aromatic rings. The Balaban J connectivity index is 2.92. The summed E-state index contributed by atoms with van der Waals surface area (Å²) in [4.78, 5) is 14.5. The zero-order valence-corrected chi connectivity index (χ0v) is 11.4. The van der Waals surface area contributed by atoms with Crippen LogP contribution < -0.4 is 5.32 Å². The van der Waals surface area contributed by atoms with Gasteiger partial charge in [0.05, 0.1) is 19.4 Å². The summed E-state index contributed by atoms with van der Waals surface area (Å²) in [6.07, 6.45) is 2.15. The zero-order valence-electron chi connectivity index (χ0n) is 10.5. The molecule has 0 bridgehead atoms. The van der Waals surface area contributed by atoms with Crippen LogP contribution in [0.15, 0.2) is 18.3 Å². The second-order valence-corrected chi connectivity index (χ2v) is 5.43. The highest BCUT2D eigenvalue weighted by molar-refractivity contribution is 7.53. The summed E-state index contributed by atoms with van der Waals surface area (Å²) in [6, 6.07) is 3.43. The van der Waals surface area contributed by atoms with Crippen molar-refractivity contribution in [1.82, 2.24) is 4.98 Å². The number of anilines is 1. The van der Waals surface area contributed by atoms with Crippen LogP contribution >= 0.6 is 7.60 Å². The van der Waals surface area contributed by atoms with Crippen LogP contribution in [-0.2, 0) is 24.6 Å². The SMILES string of the molecule is CCOP(=O)(Cc1cccnc1NC=O)OCC. The van der Waals surface area contributed by atoms with E-state index >= 15 is 0 Å². The maximum Gasteiger partial charge on any atom is 0.335 e. The van der Waals surface area contributed by atoms with E-state index in [0.717, 1.165) is 0 Å². The fourth-order valence-corrected chi connectivity index (χ4v) is 3.20. The molecular weight excluding hydrogens is 255 g/mol. The van der Waals surface area contributed by atoms with E-state index in [0.29, 0.717) is 31.0 Å². The highest BCUT2D eigenvalue weighted by Gasteiger charge is 2.25. The van der Waals surface area contributed by atoms with Crippen LogP contribution in [0, 0.1) is 0 Å². The maximum absolute atomic E-state index is 12.4. The Kier molecular flexibility index (Phi) is 5.98. The first-order valence-corrected chi connectivity index (χ1v) is 7.40. The summed E-state index contributed by atoms with van der Waals surface area (Å²) in [5.41, 5.74) is 0.620. The van der Waals surface area contributed by atoms with E-state index in [1.165, 1.54) is 0 Å². The van der Waals surface area contributed by atoms with E-state index in [1.54, 1.807) is 32.2 Å². The van der Waals surface area contributed by atoms with Crippen molar-refractivity contribution in [2.75, 3.05) is 18.5 Å². The standard InChI is InChI=1S/C11H17N2O4P/c1-3-16-18(15,17-4-2)8-10-6-5-7-12-11(10)13-9-14/h5-7,9H,3-4,8H2,1-2H3,(H,12,13,14). The molecule has 1 heterocycles. The largest absolute Gasteiger partial charge is 0.335 e. The summed E-state index contributed by atoms with van der Waals surface area (Å²) in [6.45, 7) is 4.10. The molecule has 0 saturated carbocycles. The lowest BCUT2D eigenvalue weighted by atomic mass is 10.3. The van der Waals surface area contributed by atoms with Crippen molar-refractivity contribution in [2.45, 2.75) is 20.0 Å². The van der Waals surface area contributed by atoms with Crippen molar-refractivity contribution in [3.05, 3.63) is 23.9 Å². The molecule has 1 amide bonds. The van der Waals surface area contributed by atoms with E-state index in [1.807, 2.05) is 0 Å². The van der Waals surface area contributed by atoms with Gasteiger partial charge in [-0.05, 0) is 19.9 Å². The third kappa shape index (κ3) is 4.22. The summed E-state index contributed by atoms with van der Waals surface area (Å²) < 4.78 is 22.7. The van der Waals surface area contributed by atoms with E-state index in [4.69, 9.17) is 9.05 Å². The first-order chi connectivity index (χ1) is 8.65. The number of carbonyl (C=O) groups excluding carboxylic acids is 1. The van der Waals surface area contributed by atoms with Crippen LogP contribution in [0.2, 0.25) is 0 Å². The van der Waals surface area contributed by atoms with Gasteiger partial charge < -0.3 is 14.4 Å². The molecule has 0 atom stereocenters. The number of nitrogens with one attached hydrogen (secondary N) is 1. The Morgan fingerprint density at radius 2 is 2.06 bits per heavy atom. The predicted octanol–water partition coefficient (Wildman–Crippen LogP) is 2.42. The van der Waals surface area contributed by atoms with Crippen LogP contribution in [0.25, 0.3) is 0 Å². The normalized spacial score (nSPS) is 11.2. The van der Waals surface area contributed by atoms with Gasteiger partial charge in [0.15, 0.2) is 0 Å². The van der Waals surface area contributed by atoms with Gasteiger partial charge in [-0.25, -0.2) is 4.98 Å². The number of hydrogen-bond donors (Lipinski definition) is 1. The minimum atomic E-state index is -3.19. The molecule has 0 spiro atoms. The van der Waals surface area contributed by atoms with Gasteiger partial charge in [0.2, 0.25) is 6.41 Å². The van der Waals surface area contributed by atoms with Crippen LogP contribution in [0.3, 0.4) is 0 Å². The fourth-order valence-electron chi connectivity index (χ4n) is 1.48. The molecule has 1 rings (SSSR count). The number of hydrogen-bond acceptors (Lipinski definition) is 5. The molecule has 0 aliphatic carbocycles. The molecule has 0 aromatic carbocycles. The Morgan fingerprint density at radius 3 is 2.61 bits per heavy atom. The van der Waals surface area contributed by atoms with Crippen LogP contribution in [-0.4, -0.2) is 24.6 Å². The monoisotopic (exact) mass is 272 g/mol. The highest BCUT2D eigenvalue weighted by atomic mass is 31.2. The van der Waals surface area contributed by atoms with Gasteiger partial charge in [-0.2, -0.15) is 0 Å². The van der Waals surface area contributed by atoms with E-state index < -0.39 is 7.60 Å². The molecule has 18 heavy (non-hydrogen) atoms. The number of carbonyl (C=O) groups is 1. The van der Waals surface area contributed by atoms with Crippen LogP contribution in [0.1, 0.15) is 19.4 Å². The number of pyridine rings is 1. The van der Waals surface area contributed by atoms with Crippen molar-refractivity contribution < 1.29 is 18.4 Å². The summed E-state index contributed by atoms with van der Waals surface area (Å²) in [5.74, 6) is 0.368. The average Bonchev–Trinajstić information content (AvgIpc) is 2.32. The van der Waals surface area contributed by atoms with Gasteiger partial charge in [-0.3, -0.25) is 9.36 Å². The van der Waals surface area contributed by atoms with Crippen molar-refractivity contribution in [2.24, 2.45) is 0 Å². The predicted molar refractivity (Wildman–Crippen MR) is 68.5 cm³/mol. The summed E-state index contributed by atoms with van der Waals surface area (Å²) in [7, 11) is -3.19. The topological polar surface area (TPSA) is 77.5 Å². The van der Waals surface area contributed by atoms with Gasteiger partial charge in [-0.15, -0.1) is 0 Å². The minimum Gasteiger partial charge on any atom is -0.313 e. The number of nitrogens with zero attached hydrogens (tertiary/aromatic N) is 1. The van der Waals surface area contributed by atoms with Gasteiger partial charge in [-0.1, -0.05) is 6.07 Å². The molecule has 0 saturated heterocycles. The number of aromatic nitrogens is 1. The molecule has 6 nitrogen and oxygen atoms in total. The highest BCUT2D eigenvalue weighted by Crippen LogP contribution is 2.51. The first-order valence-electron chi connectivity index (χ1n) is 5.67. The fraction of sp³-hybridized carbons (Fsp3) is 0.455. The second-order valence-electron chi connectivity index (χ2n) is 3.38. The van der Waals surface area contributed by atoms with Gasteiger partial charge in [0, 0.05) is 11.8 Å². The summed E-state index contributed by atoms with van der Waals surface area (Å²) >= 11 is 0.